The molecule has 0 fully saturated rings. The third-order valence-electron chi connectivity index (χ3n) is 4.81. The SMILES string of the molecule is CC1=C(C)C(C)C([N+]([Ti])([SiH](C)C)C(C)(C)C)=C1C. The summed E-state index contributed by atoms with van der Waals surface area (Å²) < 4.78 is 1.18. The fourth-order valence-corrected chi connectivity index (χ4v) is 6.41. The third kappa shape index (κ3) is 2.26. The summed E-state index contributed by atoms with van der Waals surface area (Å²) in [6, 6.07) is 0. The second-order valence-corrected chi connectivity index (χ2v) is 11.9. The van der Waals surface area contributed by atoms with E-state index in [4.69, 9.17) is 0 Å². The molecule has 0 aliphatic heterocycles. The van der Waals surface area contributed by atoms with Crippen LogP contribution < -0.4 is 0 Å². The molecule has 0 radical (unpaired) electrons. The van der Waals surface area contributed by atoms with Gasteiger partial charge in [0.25, 0.3) is 0 Å². The molecule has 1 aliphatic carbocycles. The number of allylic oxidation sites excluding steroid dienone is 3. The predicted octanol–water partition coefficient (Wildman–Crippen LogP) is 4.31. The van der Waals surface area contributed by atoms with Crippen LogP contribution in [0, 0.1) is 5.92 Å². The minimum absolute atomic E-state index is 0.288. The standard InChI is InChI=1S/C15H29NSi.Ti/c1-10-11(2)13(4)14(12(10)3)16(17(8)9)15(5,6)7;/h12,17H,1-9H3;/q;+1. The predicted molar refractivity (Wildman–Crippen MR) is 79.1 cm³/mol. The van der Waals surface area contributed by atoms with Crippen LogP contribution >= 0.6 is 0 Å². The fraction of sp³-hybridized carbons (Fsp3) is 0.733. The first-order valence-electron chi connectivity index (χ1n) is 6.99. The Labute approximate surface area is 127 Å². The maximum atomic E-state index is 2.49. The van der Waals surface area contributed by atoms with Gasteiger partial charge >= 0.3 is 128 Å². The van der Waals surface area contributed by atoms with Gasteiger partial charge in [0.1, 0.15) is 0 Å². The first kappa shape index (κ1) is 16.4. The molecule has 1 aliphatic rings. The Hall–Kier alpha value is 0.371. The van der Waals surface area contributed by atoms with Crippen molar-refractivity contribution in [3.05, 3.63) is 22.4 Å². The zero-order chi connectivity index (χ0) is 14.5. The van der Waals surface area contributed by atoms with Crippen molar-refractivity contribution in [2.75, 3.05) is 0 Å². The summed E-state index contributed by atoms with van der Waals surface area (Å²) >= 11 is 2.47. The number of rotatable bonds is 2. The molecule has 101 valence electrons. The molecule has 0 spiro atoms. The molecule has 3 heteroatoms. The van der Waals surface area contributed by atoms with E-state index in [1.165, 1.54) is 8.20 Å². The van der Waals surface area contributed by atoms with Gasteiger partial charge < -0.3 is 0 Å². The molecular weight excluding hydrogens is 270 g/mol. The van der Waals surface area contributed by atoms with Crippen LogP contribution in [-0.2, 0) is 20.7 Å². The van der Waals surface area contributed by atoms with E-state index in [2.05, 4.69) is 82.3 Å². The van der Waals surface area contributed by atoms with E-state index in [1.54, 1.807) is 16.8 Å². The van der Waals surface area contributed by atoms with E-state index < -0.39 is 8.96 Å². The topological polar surface area (TPSA) is 0 Å². The Morgan fingerprint density at radius 2 is 1.50 bits per heavy atom. The zero-order valence-electron chi connectivity index (χ0n) is 13.6. The number of hydrogen-bond donors (Lipinski definition) is 0. The van der Waals surface area contributed by atoms with Crippen LogP contribution in [-0.4, -0.2) is 17.1 Å². The first-order chi connectivity index (χ1) is 7.96. The molecule has 0 aromatic heterocycles. The molecule has 18 heavy (non-hydrogen) atoms. The molecule has 2 unspecified atom stereocenters. The Bertz CT molecular complexity index is 415. The van der Waals surface area contributed by atoms with Crippen molar-refractivity contribution in [1.82, 2.24) is 0 Å². The van der Waals surface area contributed by atoms with Crippen molar-refractivity contribution in [3.8, 4) is 0 Å². The van der Waals surface area contributed by atoms with Gasteiger partial charge in [0, 0.05) is 0 Å². The number of quaternary nitrogens is 1. The Morgan fingerprint density at radius 3 is 1.72 bits per heavy atom. The molecule has 1 nitrogen and oxygen atoms in total. The van der Waals surface area contributed by atoms with Crippen molar-refractivity contribution in [3.63, 3.8) is 0 Å². The summed E-state index contributed by atoms with van der Waals surface area (Å²) in [6.07, 6.45) is 0. The van der Waals surface area contributed by atoms with E-state index in [0.29, 0.717) is 5.92 Å². The molecule has 2 atom stereocenters. The molecule has 0 aromatic rings. The molecule has 1 rings (SSSR count). The van der Waals surface area contributed by atoms with E-state index in [-0.39, 0.29) is 5.54 Å². The van der Waals surface area contributed by atoms with E-state index in [9.17, 15) is 0 Å². The van der Waals surface area contributed by atoms with Gasteiger partial charge in [-0.2, -0.15) is 0 Å². The molecule has 0 bridgehead atoms. The van der Waals surface area contributed by atoms with Gasteiger partial charge in [0.15, 0.2) is 0 Å². The third-order valence-corrected chi connectivity index (χ3v) is 11.3. The monoisotopic (exact) mass is 299 g/mol. The Balaban J connectivity index is 3.46. The zero-order valence-corrected chi connectivity index (χ0v) is 16.3. The molecule has 0 heterocycles. The first-order valence-corrected chi connectivity index (χ1v) is 10.5. The molecule has 0 N–H and O–H groups in total. The van der Waals surface area contributed by atoms with Gasteiger partial charge in [-0.15, -0.1) is 0 Å². The van der Waals surface area contributed by atoms with Crippen molar-refractivity contribution in [1.29, 1.82) is 0 Å². The van der Waals surface area contributed by atoms with Gasteiger partial charge in [-0.25, -0.2) is 0 Å². The Morgan fingerprint density at radius 1 is 1.06 bits per heavy atom. The van der Waals surface area contributed by atoms with Crippen LogP contribution in [0.3, 0.4) is 0 Å². The molecule has 0 amide bonds. The number of hydrogen-bond acceptors (Lipinski definition) is 0. The van der Waals surface area contributed by atoms with Crippen LogP contribution in [0.15, 0.2) is 22.4 Å². The molecular formula is C15H29NSiTi+. The summed E-state index contributed by atoms with van der Waals surface area (Å²) in [7, 11) is -0.857. The minimum atomic E-state index is -0.857. The summed E-state index contributed by atoms with van der Waals surface area (Å²) in [5.74, 6) is 0.615. The van der Waals surface area contributed by atoms with Gasteiger partial charge in [-0.05, 0) is 0 Å². The van der Waals surface area contributed by atoms with Gasteiger partial charge in [-0.3, -0.25) is 0 Å². The second-order valence-electron chi connectivity index (χ2n) is 7.03. The van der Waals surface area contributed by atoms with Gasteiger partial charge in [0.2, 0.25) is 0 Å². The van der Waals surface area contributed by atoms with Crippen LogP contribution in [0.4, 0.5) is 0 Å². The van der Waals surface area contributed by atoms with E-state index >= 15 is 0 Å². The maximum absolute atomic E-state index is 2.49. The van der Waals surface area contributed by atoms with Gasteiger partial charge in [0.05, 0.1) is 0 Å². The normalized spacial score (nSPS) is 25.1. The fourth-order valence-electron chi connectivity index (χ4n) is 3.33. The summed E-state index contributed by atoms with van der Waals surface area (Å²) in [5.41, 5.74) is 6.63. The average molecular weight is 299 g/mol. The summed E-state index contributed by atoms with van der Waals surface area (Å²) in [6.45, 7) is 21.5. The van der Waals surface area contributed by atoms with Crippen LogP contribution in [0.5, 0.6) is 0 Å². The molecule has 0 aromatic carbocycles. The van der Waals surface area contributed by atoms with Crippen molar-refractivity contribution in [2.24, 2.45) is 5.92 Å². The van der Waals surface area contributed by atoms with Crippen LogP contribution in [0.25, 0.3) is 0 Å². The Kier molecular flexibility index (Phi) is 4.61. The van der Waals surface area contributed by atoms with Crippen LogP contribution in [0.1, 0.15) is 48.5 Å². The molecule has 0 saturated heterocycles. The summed E-state index contributed by atoms with van der Waals surface area (Å²) in [5, 5.41) is 0. The van der Waals surface area contributed by atoms with E-state index in [0.717, 1.165) is 0 Å². The molecule has 0 saturated carbocycles. The van der Waals surface area contributed by atoms with Gasteiger partial charge in [-0.1, -0.05) is 0 Å². The van der Waals surface area contributed by atoms with E-state index in [1.807, 2.05) is 0 Å². The van der Waals surface area contributed by atoms with Crippen molar-refractivity contribution in [2.45, 2.75) is 67.1 Å². The quantitative estimate of drug-likeness (QED) is 0.667. The van der Waals surface area contributed by atoms with Crippen molar-refractivity contribution >= 4 is 8.96 Å². The van der Waals surface area contributed by atoms with Crippen LogP contribution in [0.2, 0.25) is 13.1 Å². The summed E-state index contributed by atoms with van der Waals surface area (Å²) in [4.78, 5) is 0. The van der Waals surface area contributed by atoms with Crippen molar-refractivity contribution < 1.29 is 23.3 Å². The second kappa shape index (κ2) is 5.05. The number of nitrogens with zero attached hydrogens (tertiary/aromatic N) is 1. The average Bonchev–Trinajstić information content (AvgIpc) is 2.41.